The maximum Gasteiger partial charge on any atom is 0.498 e. The van der Waals surface area contributed by atoms with Gasteiger partial charge in [0, 0.05) is 5.46 Å². The minimum Gasteiger partial charge on any atom is -0.493 e. The Labute approximate surface area is 154 Å². The first-order valence-corrected chi connectivity index (χ1v) is 8.64. The molecular formula is C20H24BFO4. The summed E-state index contributed by atoms with van der Waals surface area (Å²) in [6, 6.07) is 12.9. The van der Waals surface area contributed by atoms with Crippen molar-refractivity contribution >= 4 is 12.6 Å². The lowest BCUT2D eigenvalue weighted by molar-refractivity contribution is 0.00578. The Hall–Kier alpha value is -2.05. The second kappa shape index (κ2) is 6.93. The standard InChI is InChI=1S/C20H24BFO4/c1-19(2)20(3,4)26-21(25-19)15-11-12-16(23-5)18(17(15)22)24-13-14-9-7-6-8-10-14/h6-12H,13H2,1-5H3. The zero-order valence-corrected chi connectivity index (χ0v) is 15.8. The van der Waals surface area contributed by atoms with Gasteiger partial charge in [0.1, 0.15) is 6.61 Å². The van der Waals surface area contributed by atoms with Crippen LogP contribution in [-0.2, 0) is 15.9 Å². The van der Waals surface area contributed by atoms with Crippen molar-refractivity contribution in [3.05, 3.63) is 53.8 Å². The molecule has 0 aliphatic carbocycles. The van der Waals surface area contributed by atoms with Gasteiger partial charge in [-0.3, -0.25) is 0 Å². The van der Waals surface area contributed by atoms with E-state index in [1.807, 2.05) is 58.0 Å². The summed E-state index contributed by atoms with van der Waals surface area (Å²) in [6.45, 7) is 7.96. The molecule has 1 heterocycles. The molecule has 0 radical (unpaired) electrons. The van der Waals surface area contributed by atoms with E-state index in [1.165, 1.54) is 7.11 Å². The highest BCUT2D eigenvalue weighted by molar-refractivity contribution is 6.62. The largest absolute Gasteiger partial charge is 0.498 e. The van der Waals surface area contributed by atoms with E-state index in [-0.39, 0.29) is 12.4 Å². The van der Waals surface area contributed by atoms with E-state index in [4.69, 9.17) is 18.8 Å². The molecule has 0 bridgehead atoms. The van der Waals surface area contributed by atoms with Gasteiger partial charge in [-0.15, -0.1) is 0 Å². The van der Waals surface area contributed by atoms with Crippen molar-refractivity contribution in [2.45, 2.75) is 45.5 Å². The zero-order chi connectivity index (χ0) is 18.9. The van der Waals surface area contributed by atoms with Crippen LogP contribution in [0.4, 0.5) is 4.39 Å². The van der Waals surface area contributed by atoms with Crippen molar-refractivity contribution in [2.24, 2.45) is 0 Å². The van der Waals surface area contributed by atoms with Crippen molar-refractivity contribution < 1.29 is 23.2 Å². The van der Waals surface area contributed by atoms with Gasteiger partial charge in [0.05, 0.1) is 18.3 Å². The summed E-state index contributed by atoms with van der Waals surface area (Å²) in [5.74, 6) is -0.138. The van der Waals surface area contributed by atoms with Crippen LogP contribution in [0.2, 0.25) is 0 Å². The van der Waals surface area contributed by atoms with Gasteiger partial charge in [-0.1, -0.05) is 36.4 Å². The first-order valence-electron chi connectivity index (χ1n) is 8.64. The van der Waals surface area contributed by atoms with Gasteiger partial charge in [-0.25, -0.2) is 4.39 Å². The SMILES string of the molecule is COc1ccc(B2OC(C)(C)C(C)(C)O2)c(F)c1OCc1ccccc1. The predicted octanol–water partition coefficient (Wildman–Crippen LogP) is 3.71. The molecule has 0 unspecified atom stereocenters. The monoisotopic (exact) mass is 358 g/mol. The molecule has 1 saturated heterocycles. The van der Waals surface area contributed by atoms with Crippen LogP contribution in [0.3, 0.4) is 0 Å². The molecule has 0 saturated carbocycles. The highest BCUT2D eigenvalue weighted by Crippen LogP contribution is 2.38. The molecule has 1 aliphatic heterocycles. The molecule has 26 heavy (non-hydrogen) atoms. The second-order valence-corrected chi connectivity index (χ2v) is 7.36. The van der Waals surface area contributed by atoms with E-state index in [9.17, 15) is 0 Å². The van der Waals surface area contributed by atoms with Gasteiger partial charge in [0.2, 0.25) is 0 Å². The fourth-order valence-electron chi connectivity index (χ4n) is 2.73. The van der Waals surface area contributed by atoms with Crippen LogP contribution in [0.5, 0.6) is 11.5 Å². The van der Waals surface area contributed by atoms with E-state index in [1.54, 1.807) is 12.1 Å². The van der Waals surface area contributed by atoms with Crippen LogP contribution >= 0.6 is 0 Å². The molecular weight excluding hydrogens is 334 g/mol. The summed E-state index contributed by atoms with van der Waals surface area (Å²) < 4.78 is 38.1. The molecule has 0 N–H and O–H groups in total. The molecule has 0 spiro atoms. The normalized spacial score (nSPS) is 18.0. The molecule has 1 aliphatic rings. The summed E-state index contributed by atoms with van der Waals surface area (Å²) in [6.07, 6.45) is 0. The predicted molar refractivity (Wildman–Crippen MR) is 99.4 cm³/mol. The summed E-state index contributed by atoms with van der Waals surface area (Å²) >= 11 is 0. The van der Waals surface area contributed by atoms with Crippen LogP contribution in [0.1, 0.15) is 33.3 Å². The Morgan fingerprint density at radius 2 is 1.58 bits per heavy atom. The number of hydrogen-bond acceptors (Lipinski definition) is 4. The Balaban J connectivity index is 1.89. The second-order valence-electron chi connectivity index (χ2n) is 7.36. The summed E-state index contributed by atoms with van der Waals surface area (Å²) in [5.41, 5.74) is 0.145. The van der Waals surface area contributed by atoms with E-state index in [0.717, 1.165) is 5.56 Å². The Bertz CT molecular complexity index is 761. The van der Waals surface area contributed by atoms with E-state index in [2.05, 4.69) is 0 Å². The van der Waals surface area contributed by atoms with Gasteiger partial charge < -0.3 is 18.8 Å². The topological polar surface area (TPSA) is 36.9 Å². The lowest BCUT2D eigenvalue weighted by Gasteiger charge is -2.32. The number of rotatable bonds is 5. The maximum atomic E-state index is 15.2. The molecule has 0 atom stereocenters. The molecule has 0 amide bonds. The highest BCUT2D eigenvalue weighted by Gasteiger charge is 2.52. The maximum absolute atomic E-state index is 15.2. The Morgan fingerprint density at radius 1 is 0.962 bits per heavy atom. The third kappa shape index (κ3) is 3.44. The molecule has 138 valence electrons. The number of methoxy groups -OCH3 is 1. The van der Waals surface area contributed by atoms with Gasteiger partial charge in [0.25, 0.3) is 0 Å². The lowest BCUT2D eigenvalue weighted by Crippen LogP contribution is -2.41. The minimum absolute atomic E-state index is 0.0589. The smallest absolute Gasteiger partial charge is 0.493 e. The van der Waals surface area contributed by atoms with E-state index in [0.29, 0.717) is 11.2 Å². The quantitative estimate of drug-likeness (QED) is 0.764. The Kier molecular flexibility index (Phi) is 4.99. The van der Waals surface area contributed by atoms with E-state index >= 15 is 4.39 Å². The average molecular weight is 358 g/mol. The van der Waals surface area contributed by atoms with Crippen LogP contribution in [0.15, 0.2) is 42.5 Å². The number of halogens is 1. The van der Waals surface area contributed by atoms with Crippen LogP contribution < -0.4 is 14.9 Å². The number of benzene rings is 2. The first-order chi connectivity index (χ1) is 12.2. The average Bonchev–Trinajstić information content (AvgIpc) is 2.81. The molecule has 2 aromatic rings. The summed E-state index contributed by atoms with van der Waals surface area (Å²) in [7, 11) is 0.684. The minimum atomic E-state index is -0.801. The van der Waals surface area contributed by atoms with Crippen molar-refractivity contribution in [2.75, 3.05) is 7.11 Å². The number of ether oxygens (including phenoxy) is 2. The molecule has 0 aromatic heterocycles. The molecule has 2 aromatic carbocycles. The van der Waals surface area contributed by atoms with Crippen LogP contribution in [-0.4, -0.2) is 25.4 Å². The van der Waals surface area contributed by atoms with Gasteiger partial charge >= 0.3 is 7.12 Å². The molecule has 3 rings (SSSR count). The molecule has 4 nitrogen and oxygen atoms in total. The van der Waals surface area contributed by atoms with E-state index < -0.39 is 24.1 Å². The number of hydrogen-bond donors (Lipinski definition) is 0. The summed E-state index contributed by atoms with van der Waals surface area (Å²) in [4.78, 5) is 0. The van der Waals surface area contributed by atoms with Crippen molar-refractivity contribution in [1.29, 1.82) is 0 Å². The zero-order valence-electron chi connectivity index (χ0n) is 15.8. The van der Waals surface area contributed by atoms with Gasteiger partial charge in [-0.2, -0.15) is 0 Å². The Morgan fingerprint density at radius 3 is 2.15 bits per heavy atom. The molecule has 6 heteroatoms. The van der Waals surface area contributed by atoms with Crippen molar-refractivity contribution in [3.63, 3.8) is 0 Å². The third-order valence-corrected chi connectivity index (χ3v) is 5.04. The van der Waals surface area contributed by atoms with Gasteiger partial charge in [-0.05, 0) is 39.3 Å². The van der Waals surface area contributed by atoms with Gasteiger partial charge in [0.15, 0.2) is 17.3 Å². The fraction of sp³-hybridized carbons (Fsp3) is 0.400. The van der Waals surface area contributed by atoms with Crippen LogP contribution in [0, 0.1) is 5.82 Å². The first kappa shape index (κ1) is 18.7. The van der Waals surface area contributed by atoms with Crippen LogP contribution in [0.25, 0.3) is 0 Å². The fourth-order valence-corrected chi connectivity index (χ4v) is 2.73. The molecule has 1 fully saturated rings. The lowest BCUT2D eigenvalue weighted by atomic mass is 9.78. The van der Waals surface area contributed by atoms with Crippen molar-refractivity contribution in [1.82, 2.24) is 0 Å². The highest BCUT2D eigenvalue weighted by atomic mass is 19.1. The third-order valence-electron chi connectivity index (χ3n) is 5.04. The summed E-state index contributed by atoms with van der Waals surface area (Å²) in [5, 5.41) is 0. The van der Waals surface area contributed by atoms with Crippen molar-refractivity contribution in [3.8, 4) is 11.5 Å².